The van der Waals surface area contributed by atoms with Crippen LogP contribution in [-0.4, -0.2) is 27.8 Å². The van der Waals surface area contributed by atoms with Gasteiger partial charge in [-0.05, 0) is 46.8 Å². The molecule has 0 fully saturated rings. The largest absolute Gasteiger partial charge is 0.476 e. The van der Waals surface area contributed by atoms with Crippen LogP contribution in [0.5, 0.6) is 5.88 Å². The molecule has 5 heteroatoms. The SMILES string of the molecule is CCOc1nc(NC(C)(C)C(C)(C)O)ccc1N. The Labute approximate surface area is 108 Å². The van der Waals surface area contributed by atoms with Crippen LogP contribution in [0.2, 0.25) is 0 Å². The zero-order valence-corrected chi connectivity index (χ0v) is 11.7. The lowest BCUT2D eigenvalue weighted by molar-refractivity contribution is 0.0238. The van der Waals surface area contributed by atoms with Gasteiger partial charge in [-0.2, -0.15) is 4.98 Å². The molecule has 1 heterocycles. The highest BCUT2D eigenvalue weighted by atomic mass is 16.5. The van der Waals surface area contributed by atoms with Crippen molar-refractivity contribution in [2.75, 3.05) is 17.7 Å². The van der Waals surface area contributed by atoms with Crippen molar-refractivity contribution in [2.45, 2.75) is 45.8 Å². The van der Waals surface area contributed by atoms with Gasteiger partial charge in [-0.15, -0.1) is 0 Å². The number of anilines is 2. The lowest BCUT2D eigenvalue weighted by Crippen LogP contribution is -2.51. The van der Waals surface area contributed by atoms with Crippen LogP contribution in [0.15, 0.2) is 12.1 Å². The predicted molar refractivity (Wildman–Crippen MR) is 73.8 cm³/mol. The molecule has 0 radical (unpaired) electrons. The number of rotatable bonds is 5. The molecular formula is C13H23N3O2. The summed E-state index contributed by atoms with van der Waals surface area (Å²) < 4.78 is 5.34. The Morgan fingerprint density at radius 2 is 1.94 bits per heavy atom. The Kier molecular flexibility index (Phi) is 4.06. The Balaban J connectivity index is 2.95. The summed E-state index contributed by atoms with van der Waals surface area (Å²) in [6.45, 7) is 9.70. The molecule has 102 valence electrons. The van der Waals surface area contributed by atoms with Gasteiger partial charge in [-0.25, -0.2) is 0 Å². The Hall–Kier alpha value is -1.49. The number of nitrogen functional groups attached to an aromatic ring is 1. The fraction of sp³-hybridized carbons (Fsp3) is 0.615. The lowest BCUT2D eigenvalue weighted by Gasteiger charge is -2.38. The van der Waals surface area contributed by atoms with Gasteiger partial charge in [-0.1, -0.05) is 0 Å². The van der Waals surface area contributed by atoms with Crippen LogP contribution in [-0.2, 0) is 0 Å². The van der Waals surface area contributed by atoms with Crippen molar-refractivity contribution in [1.29, 1.82) is 0 Å². The molecule has 0 atom stereocenters. The van der Waals surface area contributed by atoms with E-state index in [-0.39, 0.29) is 0 Å². The highest BCUT2D eigenvalue weighted by Gasteiger charge is 2.35. The van der Waals surface area contributed by atoms with Gasteiger partial charge >= 0.3 is 0 Å². The zero-order valence-electron chi connectivity index (χ0n) is 11.7. The monoisotopic (exact) mass is 253 g/mol. The van der Waals surface area contributed by atoms with Gasteiger partial charge < -0.3 is 20.9 Å². The Morgan fingerprint density at radius 1 is 1.33 bits per heavy atom. The molecule has 0 amide bonds. The minimum absolute atomic E-state index is 0.411. The molecule has 0 spiro atoms. The van der Waals surface area contributed by atoms with Gasteiger partial charge in [-0.3, -0.25) is 0 Å². The molecule has 0 saturated heterocycles. The van der Waals surface area contributed by atoms with Gasteiger partial charge in [0, 0.05) is 0 Å². The van der Waals surface area contributed by atoms with E-state index in [1.54, 1.807) is 26.0 Å². The number of nitrogens with two attached hydrogens (primary N) is 1. The molecule has 0 bridgehead atoms. The van der Waals surface area contributed by atoms with E-state index in [1.165, 1.54) is 0 Å². The van der Waals surface area contributed by atoms with E-state index >= 15 is 0 Å². The molecule has 5 nitrogen and oxygen atoms in total. The van der Waals surface area contributed by atoms with Crippen LogP contribution in [0.25, 0.3) is 0 Å². The second-order valence-electron chi connectivity index (χ2n) is 5.33. The van der Waals surface area contributed by atoms with Crippen molar-refractivity contribution in [2.24, 2.45) is 0 Å². The van der Waals surface area contributed by atoms with E-state index in [1.807, 2.05) is 20.8 Å². The van der Waals surface area contributed by atoms with Crippen LogP contribution in [0.4, 0.5) is 11.5 Å². The fourth-order valence-corrected chi connectivity index (χ4v) is 1.25. The quantitative estimate of drug-likeness (QED) is 0.748. The van der Waals surface area contributed by atoms with Gasteiger partial charge in [0.1, 0.15) is 5.82 Å². The second-order valence-corrected chi connectivity index (χ2v) is 5.33. The van der Waals surface area contributed by atoms with Gasteiger partial charge in [0.05, 0.1) is 23.4 Å². The molecule has 0 saturated carbocycles. The fourth-order valence-electron chi connectivity index (χ4n) is 1.25. The van der Waals surface area contributed by atoms with Gasteiger partial charge in [0.25, 0.3) is 0 Å². The number of aromatic nitrogens is 1. The first-order valence-electron chi connectivity index (χ1n) is 6.07. The molecule has 1 aromatic rings. The normalized spacial score (nSPS) is 12.3. The lowest BCUT2D eigenvalue weighted by atomic mass is 9.86. The summed E-state index contributed by atoms with van der Waals surface area (Å²) in [5.74, 6) is 1.04. The first-order chi connectivity index (χ1) is 8.17. The summed E-state index contributed by atoms with van der Waals surface area (Å²) in [5.41, 5.74) is 4.85. The average molecular weight is 253 g/mol. The van der Waals surface area contributed by atoms with Crippen molar-refractivity contribution in [1.82, 2.24) is 4.98 Å². The molecule has 18 heavy (non-hydrogen) atoms. The smallest absolute Gasteiger partial charge is 0.239 e. The molecule has 0 aromatic carbocycles. The number of nitrogens with one attached hydrogen (secondary N) is 1. The minimum atomic E-state index is -0.887. The first-order valence-corrected chi connectivity index (χ1v) is 6.07. The number of hydrogen-bond acceptors (Lipinski definition) is 5. The number of hydrogen-bond donors (Lipinski definition) is 3. The summed E-state index contributed by atoms with van der Waals surface area (Å²) in [5, 5.41) is 13.3. The molecule has 0 unspecified atom stereocenters. The maximum absolute atomic E-state index is 10.1. The van der Waals surface area contributed by atoms with Crippen molar-refractivity contribution >= 4 is 11.5 Å². The summed E-state index contributed by atoms with van der Waals surface area (Å²) in [4.78, 5) is 4.29. The summed E-state index contributed by atoms with van der Waals surface area (Å²) in [6, 6.07) is 3.51. The van der Waals surface area contributed by atoms with Crippen molar-refractivity contribution in [3.05, 3.63) is 12.1 Å². The highest BCUT2D eigenvalue weighted by molar-refractivity contribution is 5.54. The summed E-state index contributed by atoms with van der Waals surface area (Å²) in [7, 11) is 0. The maximum Gasteiger partial charge on any atom is 0.239 e. The molecule has 1 rings (SSSR count). The van der Waals surface area contributed by atoms with Crippen LogP contribution in [0.3, 0.4) is 0 Å². The summed E-state index contributed by atoms with van der Waals surface area (Å²) >= 11 is 0. The third kappa shape index (κ3) is 3.26. The van der Waals surface area contributed by atoms with E-state index in [9.17, 15) is 5.11 Å². The van der Waals surface area contributed by atoms with Crippen LogP contribution >= 0.6 is 0 Å². The van der Waals surface area contributed by atoms with E-state index < -0.39 is 11.1 Å². The molecule has 4 N–H and O–H groups in total. The predicted octanol–water partition coefficient (Wildman–Crippen LogP) is 2.02. The second kappa shape index (κ2) is 5.02. The van der Waals surface area contributed by atoms with Gasteiger partial charge in [0.2, 0.25) is 5.88 Å². The van der Waals surface area contributed by atoms with E-state index in [0.29, 0.717) is 24.0 Å². The van der Waals surface area contributed by atoms with E-state index in [2.05, 4.69) is 10.3 Å². The highest BCUT2D eigenvalue weighted by Crippen LogP contribution is 2.27. The molecule has 0 aliphatic heterocycles. The van der Waals surface area contributed by atoms with E-state index in [4.69, 9.17) is 10.5 Å². The Bertz CT molecular complexity index is 411. The maximum atomic E-state index is 10.1. The van der Waals surface area contributed by atoms with Crippen molar-refractivity contribution in [3.8, 4) is 5.88 Å². The third-order valence-corrected chi connectivity index (χ3v) is 3.14. The first kappa shape index (κ1) is 14.6. The van der Waals surface area contributed by atoms with Crippen molar-refractivity contribution in [3.63, 3.8) is 0 Å². The number of aliphatic hydroxyl groups is 1. The van der Waals surface area contributed by atoms with Crippen LogP contribution in [0, 0.1) is 0 Å². The zero-order chi connectivity index (χ0) is 14.0. The van der Waals surface area contributed by atoms with E-state index in [0.717, 1.165) is 0 Å². The molecule has 0 aliphatic carbocycles. The molecule has 0 aliphatic rings. The number of ether oxygens (including phenoxy) is 1. The molecule has 1 aromatic heterocycles. The van der Waals surface area contributed by atoms with Crippen molar-refractivity contribution < 1.29 is 9.84 Å². The third-order valence-electron chi connectivity index (χ3n) is 3.14. The molecular weight excluding hydrogens is 230 g/mol. The van der Waals surface area contributed by atoms with Crippen LogP contribution in [0.1, 0.15) is 34.6 Å². The number of pyridine rings is 1. The number of nitrogens with zero attached hydrogens (tertiary/aromatic N) is 1. The van der Waals surface area contributed by atoms with Gasteiger partial charge in [0.15, 0.2) is 0 Å². The Morgan fingerprint density at radius 3 is 2.44 bits per heavy atom. The minimum Gasteiger partial charge on any atom is -0.476 e. The summed E-state index contributed by atoms with van der Waals surface area (Å²) in [6.07, 6.45) is 0. The van der Waals surface area contributed by atoms with Crippen LogP contribution < -0.4 is 15.8 Å². The average Bonchev–Trinajstić information content (AvgIpc) is 2.21. The standard InChI is InChI=1S/C13H23N3O2/c1-6-18-11-9(14)7-8-10(15-11)16-12(2,3)13(4,5)17/h7-8,17H,6,14H2,1-5H3,(H,15,16). The topological polar surface area (TPSA) is 80.4 Å².